The third-order valence-corrected chi connectivity index (χ3v) is 6.03. The minimum Gasteiger partial charge on any atom is -0.488 e. The standard InChI is InChI=1S/C24H27N3O4S/c1-24(2,3)31-21-8-4-6-18(14-21)17-32(29,30)22-11-9-20(10-12-22)27-23(28)26-16-19-7-5-13-25-15-19/h4-15H,16-17H2,1-3H3,(H2,26,27,28). The number of aromatic nitrogens is 1. The lowest BCUT2D eigenvalue weighted by Crippen LogP contribution is -2.28. The van der Waals surface area contributed by atoms with Crippen molar-refractivity contribution in [1.29, 1.82) is 0 Å². The Balaban J connectivity index is 1.61. The van der Waals surface area contributed by atoms with Crippen LogP contribution >= 0.6 is 0 Å². The molecule has 0 unspecified atom stereocenters. The van der Waals surface area contributed by atoms with E-state index in [1.807, 2.05) is 26.8 Å². The monoisotopic (exact) mass is 453 g/mol. The second kappa shape index (κ2) is 9.82. The number of amides is 2. The second-order valence-electron chi connectivity index (χ2n) is 8.31. The molecule has 8 heteroatoms. The van der Waals surface area contributed by atoms with Crippen molar-refractivity contribution < 1.29 is 17.9 Å². The van der Waals surface area contributed by atoms with Gasteiger partial charge >= 0.3 is 6.03 Å². The highest BCUT2D eigenvalue weighted by Crippen LogP contribution is 2.23. The molecule has 0 fully saturated rings. The fourth-order valence-electron chi connectivity index (χ4n) is 2.96. The molecule has 0 saturated heterocycles. The number of anilines is 1. The Morgan fingerprint density at radius 2 is 1.72 bits per heavy atom. The van der Waals surface area contributed by atoms with Gasteiger partial charge in [-0.25, -0.2) is 13.2 Å². The summed E-state index contributed by atoms with van der Waals surface area (Å²) in [6.07, 6.45) is 3.33. The van der Waals surface area contributed by atoms with Crippen molar-refractivity contribution in [3.05, 3.63) is 84.2 Å². The summed E-state index contributed by atoms with van der Waals surface area (Å²) >= 11 is 0. The van der Waals surface area contributed by atoms with E-state index >= 15 is 0 Å². The zero-order valence-electron chi connectivity index (χ0n) is 18.3. The van der Waals surface area contributed by atoms with Crippen LogP contribution in [-0.2, 0) is 22.1 Å². The Bertz CT molecular complexity index is 1160. The number of nitrogens with one attached hydrogen (secondary N) is 2. The molecular weight excluding hydrogens is 426 g/mol. The van der Waals surface area contributed by atoms with Crippen molar-refractivity contribution in [3.63, 3.8) is 0 Å². The van der Waals surface area contributed by atoms with Crippen molar-refractivity contribution >= 4 is 21.6 Å². The van der Waals surface area contributed by atoms with Gasteiger partial charge in [0.15, 0.2) is 9.84 Å². The number of carbonyl (C=O) groups excluding carboxylic acids is 1. The van der Waals surface area contributed by atoms with Gasteiger partial charge < -0.3 is 15.4 Å². The van der Waals surface area contributed by atoms with Gasteiger partial charge in [-0.05, 0) is 74.4 Å². The van der Waals surface area contributed by atoms with Crippen LogP contribution in [0.1, 0.15) is 31.9 Å². The van der Waals surface area contributed by atoms with Gasteiger partial charge in [-0.1, -0.05) is 18.2 Å². The van der Waals surface area contributed by atoms with Crippen LogP contribution < -0.4 is 15.4 Å². The number of hydrogen-bond acceptors (Lipinski definition) is 5. The summed E-state index contributed by atoms with van der Waals surface area (Å²) in [5.41, 5.74) is 1.64. The summed E-state index contributed by atoms with van der Waals surface area (Å²) in [5.74, 6) is 0.481. The van der Waals surface area contributed by atoms with Gasteiger partial charge in [-0.3, -0.25) is 4.98 Å². The third-order valence-electron chi connectivity index (χ3n) is 4.33. The molecule has 32 heavy (non-hydrogen) atoms. The molecule has 0 aliphatic heterocycles. The lowest BCUT2D eigenvalue weighted by molar-refractivity contribution is 0.131. The number of pyridine rings is 1. The van der Waals surface area contributed by atoms with Gasteiger partial charge in [0.25, 0.3) is 0 Å². The number of ether oxygens (including phenoxy) is 1. The molecule has 3 aromatic rings. The summed E-state index contributed by atoms with van der Waals surface area (Å²) in [7, 11) is -3.56. The second-order valence-corrected chi connectivity index (χ2v) is 10.3. The number of sulfone groups is 1. The highest BCUT2D eigenvalue weighted by atomic mass is 32.2. The molecule has 0 aliphatic rings. The topological polar surface area (TPSA) is 97.4 Å². The highest BCUT2D eigenvalue weighted by molar-refractivity contribution is 7.90. The Kier molecular flexibility index (Phi) is 7.15. The number of nitrogens with zero attached hydrogens (tertiary/aromatic N) is 1. The maximum Gasteiger partial charge on any atom is 0.319 e. The molecule has 0 bridgehead atoms. The van der Waals surface area contributed by atoms with Gasteiger partial charge in [0.1, 0.15) is 11.4 Å². The molecule has 2 aromatic carbocycles. The predicted octanol–water partition coefficient (Wildman–Crippen LogP) is 4.55. The first-order valence-electron chi connectivity index (χ1n) is 10.2. The van der Waals surface area contributed by atoms with Crippen LogP contribution in [0.4, 0.5) is 10.5 Å². The highest BCUT2D eigenvalue weighted by Gasteiger charge is 2.17. The van der Waals surface area contributed by atoms with Crippen molar-refractivity contribution in [2.24, 2.45) is 0 Å². The maximum atomic E-state index is 12.8. The van der Waals surface area contributed by atoms with Crippen molar-refractivity contribution in [3.8, 4) is 5.75 Å². The summed E-state index contributed by atoms with van der Waals surface area (Å²) < 4.78 is 31.5. The van der Waals surface area contributed by atoms with E-state index in [0.29, 0.717) is 23.5 Å². The molecule has 0 atom stereocenters. The number of benzene rings is 2. The minimum absolute atomic E-state index is 0.146. The molecule has 0 spiro atoms. The van der Waals surface area contributed by atoms with E-state index in [0.717, 1.165) is 5.56 Å². The van der Waals surface area contributed by atoms with Gasteiger partial charge in [-0.2, -0.15) is 0 Å². The Morgan fingerprint density at radius 3 is 2.38 bits per heavy atom. The van der Waals surface area contributed by atoms with E-state index in [9.17, 15) is 13.2 Å². The van der Waals surface area contributed by atoms with Crippen LogP contribution in [0.25, 0.3) is 0 Å². The van der Waals surface area contributed by atoms with E-state index < -0.39 is 9.84 Å². The Morgan fingerprint density at radius 1 is 1.00 bits per heavy atom. The van der Waals surface area contributed by atoms with Crippen LogP contribution in [0.2, 0.25) is 0 Å². The van der Waals surface area contributed by atoms with Crippen LogP contribution in [-0.4, -0.2) is 25.0 Å². The van der Waals surface area contributed by atoms with Crippen molar-refractivity contribution in [2.75, 3.05) is 5.32 Å². The molecule has 2 N–H and O–H groups in total. The largest absolute Gasteiger partial charge is 0.488 e. The van der Waals surface area contributed by atoms with Crippen LogP contribution in [0.15, 0.2) is 78.0 Å². The fraction of sp³-hybridized carbons (Fsp3) is 0.250. The molecular formula is C24H27N3O4S. The molecule has 2 amide bonds. The number of urea groups is 1. The molecule has 7 nitrogen and oxygen atoms in total. The molecule has 0 radical (unpaired) electrons. The van der Waals surface area contributed by atoms with Crippen LogP contribution in [0.3, 0.4) is 0 Å². The first kappa shape index (κ1) is 23.3. The number of hydrogen-bond donors (Lipinski definition) is 2. The molecule has 1 aromatic heterocycles. The summed E-state index contributed by atoms with van der Waals surface area (Å²) in [4.78, 5) is 16.2. The predicted molar refractivity (Wildman–Crippen MR) is 124 cm³/mol. The first-order valence-corrected chi connectivity index (χ1v) is 11.8. The van der Waals surface area contributed by atoms with Crippen molar-refractivity contribution in [2.45, 2.75) is 43.6 Å². The van der Waals surface area contributed by atoms with E-state index in [1.54, 1.807) is 54.9 Å². The van der Waals surface area contributed by atoms with Crippen LogP contribution in [0, 0.1) is 0 Å². The summed E-state index contributed by atoms with van der Waals surface area (Å²) in [6.45, 7) is 6.14. The Hall–Kier alpha value is -3.39. The van der Waals surface area contributed by atoms with Gasteiger partial charge in [0, 0.05) is 24.6 Å². The number of carbonyl (C=O) groups is 1. The molecule has 168 valence electrons. The van der Waals surface area contributed by atoms with E-state index in [-0.39, 0.29) is 22.3 Å². The van der Waals surface area contributed by atoms with Crippen LogP contribution in [0.5, 0.6) is 5.75 Å². The lowest BCUT2D eigenvalue weighted by atomic mass is 10.2. The molecule has 1 heterocycles. The average Bonchev–Trinajstić information content (AvgIpc) is 2.72. The normalized spacial score (nSPS) is 11.6. The zero-order chi connectivity index (χ0) is 23.2. The minimum atomic E-state index is -3.56. The quantitative estimate of drug-likeness (QED) is 0.547. The van der Waals surface area contributed by atoms with E-state index in [1.165, 1.54) is 12.1 Å². The van der Waals surface area contributed by atoms with Gasteiger partial charge in [0.05, 0.1) is 10.6 Å². The van der Waals surface area contributed by atoms with E-state index in [2.05, 4.69) is 15.6 Å². The maximum absolute atomic E-state index is 12.8. The summed E-state index contributed by atoms with van der Waals surface area (Å²) in [6, 6.07) is 16.5. The Labute approximate surface area is 188 Å². The number of rotatable bonds is 7. The van der Waals surface area contributed by atoms with E-state index in [4.69, 9.17) is 4.74 Å². The lowest BCUT2D eigenvalue weighted by Gasteiger charge is -2.21. The SMILES string of the molecule is CC(C)(C)Oc1cccc(CS(=O)(=O)c2ccc(NC(=O)NCc3cccnc3)cc2)c1. The van der Waals surface area contributed by atoms with Crippen molar-refractivity contribution in [1.82, 2.24) is 10.3 Å². The zero-order valence-corrected chi connectivity index (χ0v) is 19.1. The molecule has 0 aliphatic carbocycles. The average molecular weight is 454 g/mol. The van der Waals surface area contributed by atoms with Gasteiger partial charge in [0.2, 0.25) is 0 Å². The third kappa shape index (κ3) is 7.09. The smallest absolute Gasteiger partial charge is 0.319 e. The fourth-order valence-corrected chi connectivity index (χ4v) is 4.30. The first-order chi connectivity index (χ1) is 15.1. The molecule has 3 rings (SSSR count). The molecule has 0 saturated carbocycles. The van der Waals surface area contributed by atoms with Gasteiger partial charge in [-0.15, -0.1) is 0 Å². The summed E-state index contributed by atoms with van der Waals surface area (Å²) in [5, 5.41) is 5.41.